The van der Waals surface area contributed by atoms with E-state index in [2.05, 4.69) is 27.8 Å². The van der Waals surface area contributed by atoms with Gasteiger partial charge in [-0.05, 0) is 40.9 Å². The predicted octanol–water partition coefficient (Wildman–Crippen LogP) is 2.97. The topological polar surface area (TPSA) is 39.2 Å². The summed E-state index contributed by atoms with van der Waals surface area (Å²) in [4.78, 5) is 15.7. The molecule has 0 saturated heterocycles. The first-order chi connectivity index (χ1) is 7.19. The van der Waals surface area contributed by atoms with E-state index in [0.717, 1.165) is 18.4 Å². The molecule has 0 atom stereocenters. The van der Waals surface area contributed by atoms with Crippen molar-refractivity contribution in [3.63, 3.8) is 0 Å². The standard InChI is InChI=1S/C11H14BrNO2/c1-3-5-8-6-7-9(12)13-10(8)11(14)15-4-2/h6-7H,3-5H2,1-2H3. The molecule has 1 aromatic heterocycles. The van der Waals surface area contributed by atoms with Crippen LogP contribution >= 0.6 is 15.9 Å². The van der Waals surface area contributed by atoms with Gasteiger partial charge in [-0.25, -0.2) is 9.78 Å². The number of aromatic nitrogens is 1. The van der Waals surface area contributed by atoms with Gasteiger partial charge in [-0.1, -0.05) is 19.4 Å². The summed E-state index contributed by atoms with van der Waals surface area (Å²) in [5.41, 5.74) is 1.37. The number of halogens is 1. The SMILES string of the molecule is CCCc1ccc(Br)nc1C(=O)OCC. The molecule has 0 amide bonds. The van der Waals surface area contributed by atoms with Crippen molar-refractivity contribution < 1.29 is 9.53 Å². The van der Waals surface area contributed by atoms with Crippen LogP contribution in [0.5, 0.6) is 0 Å². The largest absolute Gasteiger partial charge is 0.461 e. The molecule has 0 aliphatic carbocycles. The first-order valence-corrected chi connectivity index (χ1v) is 5.80. The molecule has 0 bridgehead atoms. The maximum atomic E-state index is 11.6. The van der Waals surface area contributed by atoms with Crippen LogP contribution in [-0.4, -0.2) is 17.6 Å². The zero-order valence-corrected chi connectivity index (χ0v) is 10.5. The number of hydrogen-bond acceptors (Lipinski definition) is 3. The highest BCUT2D eigenvalue weighted by Gasteiger charge is 2.14. The monoisotopic (exact) mass is 271 g/mol. The van der Waals surface area contributed by atoms with Crippen molar-refractivity contribution in [2.24, 2.45) is 0 Å². The number of rotatable bonds is 4. The van der Waals surface area contributed by atoms with Crippen molar-refractivity contribution in [2.45, 2.75) is 26.7 Å². The summed E-state index contributed by atoms with van der Waals surface area (Å²) >= 11 is 3.25. The molecule has 0 unspecified atom stereocenters. The van der Waals surface area contributed by atoms with E-state index < -0.39 is 0 Å². The third-order valence-corrected chi connectivity index (χ3v) is 2.37. The Bertz CT molecular complexity index is 352. The molecule has 3 nitrogen and oxygen atoms in total. The Morgan fingerprint density at radius 1 is 1.47 bits per heavy atom. The number of pyridine rings is 1. The minimum atomic E-state index is -0.345. The van der Waals surface area contributed by atoms with Crippen LogP contribution in [0.4, 0.5) is 0 Å². The summed E-state index contributed by atoms with van der Waals surface area (Å²) in [6.45, 7) is 4.23. The number of aryl methyl sites for hydroxylation is 1. The normalized spacial score (nSPS) is 10.1. The van der Waals surface area contributed by atoms with Gasteiger partial charge in [0.25, 0.3) is 0 Å². The van der Waals surface area contributed by atoms with Crippen LogP contribution in [-0.2, 0) is 11.2 Å². The van der Waals surface area contributed by atoms with Gasteiger partial charge in [0.15, 0.2) is 5.69 Å². The highest BCUT2D eigenvalue weighted by atomic mass is 79.9. The fourth-order valence-corrected chi connectivity index (χ4v) is 1.62. The molecule has 0 aliphatic heterocycles. The van der Waals surface area contributed by atoms with E-state index in [-0.39, 0.29) is 5.97 Å². The molecule has 0 aliphatic rings. The van der Waals surface area contributed by atoms with Gasteiger partial charge in [-0.2, -0.15) is 0 Å². The number of nitrogens with zero attached hydrogens (tertiary/aromatic N) is 1. The number of hydrogen-bond donors (Lipinski definition) is 0. The second kappa shape index (κ2) is 5.85. The van der Waals surface area contributed by atoms with Crippen molar-refractivity contribution in [3.05, 3.63) is 28.0 Å². The van der Waals surface area contributed by atoms with Crippen molar-refractivity contribution in [1.29, 1.82) is 0 Å². The molecule has 1 rings (SSSR count). The first kappa shape index (κ1) is 12.2. The van der Waals surface area contributed by atoms with Gasteiger partial charge in [0.2, 0.25) is 0 Å². The number of carbonyl (C=O) groups excluding carboxylic acids is 1. The zero-order chi connectivity index (χ0) is 11.3. The van der Waals surface area contributed by atoms with Crippen LogP contribution in [0.1, 0.15) is 36.3 Å². The Morgan fingerprint density at radius 2 is 2.20 bits per heavy atom. The van der Waals surface area contributed by atoms with Gasteiger partial charge in [0, 0.05) is 0 Å². The molecule has 0 N–H and O–H groups in total. The molecular formula is C11H14BrNO2. The molecule has 0 spiro atoms. The highest BCUT2D eigenvalue weighted by Crippen LogP contribution is 2.15. The maximum absolute atomic E-state index is 11.6. The average molecular weight is 272 g/mol. The lowest BCUT2D eigenvalue weighted by Crippen LogP contribution is -2.10. The van der Waals surface area contributed by atoms with Crippen molar-refractivity contribution in [3.8, 4) is 0 Å². The molecular weight excluding hydrogens is 258 g/mol. The number of carbonyl (C=O) groups is 1. The van der Waals surface area contributed by atoms with E-state index in [9.17, 15) is 4.79 Å². The molecule has 0 fully saturated rings. The second-order valence-corrected chi connectivity index (χ2v) is 3.92. The van der Waals surface area contributed by atoms with Crippen LogP contribution in [0.15, 0.2) is 16.7 Å². The lowest BCUT2D eigenvalue weighted by molar-refractivity contribution is 0.0518. The molecule has 1 aromatic rings. The van der Waals surface area contributed by atoms with Gasteiger partial charge >= 0.3 is 5.97 Å². The van der Waals surface area contributed by atoms with Crippen molar-refractivity contribution in [2.75, 3.05) is 6.61 Å². The summed E-state index contributed by atoms with van der Waals surface area (Å²) in [5, 5.41) is 0. The van der Waals surface area contributed by atoms with E-state index in [4.69, 9.17) is 4.74 Å². The Balaban J connectivity index is 3.00. The molecule has 15 heavy (non-hydrogen) atoms. The van der Waals surface area contributed by atoms with Crippen LogP contribution in [0.25, 0.3) is 0 Å². The third-order valence-electron chi connectivity index (χ3n) is 1.93. The summed E-state index contributed by atoms with van der Waals surface area (Å²) in [6, 6.07) is 3.75. The van der Waals surface area contributed by atoms with E-state index in [1.54, 1.807) is 6.92 Å². The summed E-state index contributed by atoms with van der Waals surface area (Å²) < 4.78 is 5.61. The molecule has 4 heteroatoms. The Hall–Kier alpha value is -0.900. The Morgan fingerprint density at radius 3 is 2.80 bits per heavy atom. The van der Waals surface area contributed by atoms with Crippen LogP contribution < -0.4 is 0 Å². The predicted molar refractivity (Wildman–Crippen MR) is 61.9 cm³/mol. The molecule has 0 saturated carbocycles. The van der Waals surface area contributed by atoms with E-state index in [0.29, 0.717) is 16.9 Å². The van der Waals surface area contributed by atoms with E-state index in [1.165, 1.54) is 0 Å². The van der Waals surface area contributed by atoms with Gasteiger partial charge in [-0.15, -0.1) is 0 Å². The van der Waals surface area contributed by atoms with Crippen LogP contribution in [0, 0.1) is 0 Å². The summed E-state index contributed by atoms with van der Waals surface area (Å²) in [7, 11) is 0. The average Bonchev–Trinajstić information content (AvgIpc) is 2.21. The van der Waals surface area contributed by atoms with E-state index in [1.807, 2.05) is 12.1 Å². The van der Waals surface area contributed by atoms with Crippen molar-refractivity contribution >= 4 is 21.9 Å². The van der Waals surface area contributed by atoms with E-state index >= 15 is 0 Å². The molecule has 1 heterocycles. The highest BCUT2D eigenvalue weighted by molar-refractivity contribution is 9.10. The molecule has 82 valence electrons. The Labute approximate surface area is 98.0 Å². The lowest BCUT2D eigenvalue weighted by atomic mass is 10.1. The Kier molecular flexibility index (Phi) is 4.75. The summed E-state index contributed by atoms with van der Waals surface area (Å²) in [5.74, 6) is -0.345. The summed E-state index contributed by atoms with van der Waals surface area (Å²) in [6.07, 6.45) is 1.82. The smallest absolute Gasteiger partial charge is 0.357 e. The van der Waals surface area contributed by atoms with Crippen LogP contribution in [0.2, 0.25) is 0 Å². The fourth-order valence-electron chi connectivity index (χ4n) is 1.31. The minimum absolute atomic E-state index is 0.345. The third kappa shape index (κ3) is 3.30. The maximum Gasteiger partial charge on any atom is 0.357 e. The lowest BCUT2D eigenvalue weighted by Gasteiger charge is -2.07. The molecule has 0 radical (unpaired) electrons. The van der Waals surface area contributed by atoms with Gasteiger partial charge in [-0.3, -0.25) is 0 Å². The minimum Gasteiger partial charge on any atom is -0.461 e. The zero-order valence-electron chi connectivity index (χ0n) is 8.92. The number of ether oxygens (including phenoxy) is 1. The van der Waals surface area contributed by atoms with Crippen LogP contribution in [0.3, 0.4) is 0 Å². The first-order valence-electron chi connectivity index (χ1n) is 5.01. The van der Waals surface area contributed by atoms with Gasteiger partial charge in [0.1, 0.15) is 4.60 Å². The van der Waals surface area contributed by atoms with Gasteiger partial charge < -0.3 is 4.74 Å². The molecule has 0 aromatic carbocycles. The number of esters is 1. The quantitative estimate of drug-likeness (QED) is 0.624. The van der Waals surface area contributed by atoms with Gasteiger partial charge in [0.05, 0.1) is 6.61 Å². The fraction of sp³-hybridized carbons (Fsp3) is 0.455. The van der Waals surface area contributed by atoms with Crippen molar-refractivity contribution in [1.82, 2.24) is 4.98 Å². The second-order valence-electron chi connectivity index (χ2n) is 3.11.